The molecule has 0 amide bonds. The molecule has 0 aliphatic rings. The lowest BCUT2D eigenvalue weighted by Gasteiger charge is -2.15. The van der Waals surface area contributed by atoms with Gasteiger partial charge in [0.15, 0.2) is 0 Å². The summed E-state index contributed by atoms with van der Waals surface area (Å²) in [4.78, 5) is 23.0. The zero-order valence-electron chi connectivity index (χ0n) is 24.1. The molecule has 212 valence electrons. The molecule has 36 heavy (non-hydrogen) atoms. The summed E-state index contributed by atoms with van der Waals surface area (Å²) in [7, 11) is 0. The summed E-state index contributed by atoms with van der Waals surface area (Å²) in [6.45, 7) is 4.46. The van der Waals surface area contributed by atoms with E-state index in [1.54, 1.807) is 0 Å². The number of carbonyl (C=O) groups is 2. The number of allylic oxidation sites excluding steroid dienone is 1. The van der Waals surface area contributed by atoms with Crippen molar-refractivity contribution in [2.45, 2.75) is 180 Å². The first-order valence-electron chi connectivity index (χ1n) is 15.7. The quantitative estimate of drug-likeness (QED) is 0.0648. The van der Waals surface area contributed by atoms with Gasteiger partial charge in [-0.3, -0.25) is 9.59 Å². The van der Waals surface area contributed by atoms with Gasteiger partial charge >= 0.3 is 11.9 Å². The summed E-state index contributed by atoms with van der Waals surface area (Å²) >= 11 is 0. The smallest absolute Gasteiger partial charge is 0.306 e. The minimum Gasteiger partial charge on any atom is -0.481 e. The van der Waals surface area contributed by atoms with Gasteiger partial charge in [-0.2, -0.15) is 0 Å². The average Bonchev–Trinajstić information content (AvgIpc) is 2.85. The number of ether oxygens (including phenoxy) is 1. The molecule has 0 spiro atoms. The Morgan fingerprint density at radius 1 is 0.611 bits per heavy atom. The molecule has 4 heteroatoms. The Bertz CT molecular complexity index is 514. The number of unbranched alkanes of at least 4 members (excludes halogenated alkanes) is 19. The van der Waals surface area contributed by atoms with E-state index in [1.807, 2.05) is 0 Å². The van der Waals surface area contributed by atoms with Crippen LogP contribution in [0.15, 0.2) is 12.2 Å². The maximum atomic E-state index is 12.4. The highest BCUT2D eigenvalue weighted by Gasteiger charge is 2.11. The summed E-state index contributed by atoms with van der Waals surface area (Å²) in [6, 6.07) is 0. The molecular formula is C32H60O4. The highest BCUT2D eigenvalue weighted by molar-refractivity contribution is 5.69. The summed E-state index contributed by atoms with van der Waals surface area (Å²) in [5.74, 6) is -0.792. The van der Waals surface area contributed by atoms with E-state index in [4.69, 9.17) is 9.84 Å². The molecule has 0 bridgehead atoms. The number of hydrogen-bond donors (Lipinski definition) is 1. The molecule has 4 nitrogen and oxygen atoms in total. The Hall–Kier alpha value is -1.32. The first-order valence-corrected chi connectivity index (χ1v) is 15.7. The zero-order chi connectivity index (χ0) is 26.5. The van der Waals surface area contributed by atoms with Gasteiger partial charge in [-0.05, 0) is 38.2 Å². The van der Waals surface area contributed by atoms with Gasteiger partial charge in [0.1, 0.15) is 6.10 Å². The van der Waals surface area contributed by atoms with Gasteiger partial charge in [-0.1, -0.05) is 135 Å². The van der Waals surface area contributed by atoms with Crippen molar-refractivity contribution in [2.24, 2.45) is 0 Å². The lowest BCUT2D eigenvalue weighted by Crippen LogP contribution is -2.16. The van der Waals surface area contributed by atoms with Crippen molar-refractivity contribution in [1.82, 2.24) is 0 Å². The number of carboxylic acids is 1. The van der Waals surface area contributed by atoms with Crippen molar-refractivity contribution < 1.29 is 19.4 Å². The Morgan fingerprint density at radius 3 is 1.56 bits per heavy atom. The summed E-state index contributed by atoms with van der Waals surface area (Å²) in [5, 5.41) is 8.74. The fraction of sp³-hybridized carbons (Fsp3) is 0.875. The van der Waals surface area contributed by atoms with E-state index in [1.165, 1.54) is 83.5 Å². The predicted molar refractivity (Wildman–Crippen MR) is 153 cm³/mol. The molecule has 0 aliphatic heterocycles. The van der Waals surface area contributed by atoms with Crippen molar-refractivity contribution in [3.8, 4) is 0 Å². The fourth-order valence-corrected chi connectivity index (χ4v) is 4.61. The Kier molecular flexibility index (Phi) is 27.2. The molecule has 0 fully saturated rings. The third-order valence-corrected chi connectivity index (χ3v) is 6.97. The molecule has 0 aromatic rings. The largest absolute Gasteiger partial charge is 0.481 e. The molecule has 0 aromatic carbocycles. The van der Waals surface area contributed by atoms with Crippen LogP contribution in [0.2, 0.25) is 0 Å². The highest BCUT2D eigenvalue weighted by Crippen LogP contribution is 2.16. The molecule has 0 saturated carbocycles. The van der Waals surface area contributed by atoms with Crippen molar-refractivity contribution >= 4 is 11.9 Å². The van der Waals surface area contributed by atoms with Crippen molar-refractivity contribution in [2.75, 3.05) is 0 Å². The van der Waals surface area contributed by atoms with Crippen LogP contribution in [-0.4, -0.2) is 23.1 Å². The van der Waals surface area contributed by atoms with Crippen molar-refractivity contribution in [3.63, 3.8) is 0 Å². The second-order valence-electron chi connectivity index (χ2n) is 10.6. The molecule has 1 atom stereocenters. The molecule has 1 N–H and O–H groups in total. The van der Waals surface area contributed by atoms with E-state index in [2.05, 4.69) is 26.0 Å². The van der Waals surface area contributed by atoms with Gasteiger partial charge in [-0.25, -0.2) is 0 Å². The number of carbonyl (C=O) groups excluding carboxylic acids is 1. The van der Waals surface area contributed by atoms with E-state index < -0.39 is 5.97 Å². The van der Waals surface area contributed by atoms with E-state index in [9.17, 15) is 9.59 Å². The molecule has 0 aliphatic carbocycles. The minimum absolute atomic E-state index is 0.0688. The Morgan fingerprint density at radius 2 is 1.06 bits per heavy atom. The normalized spacial score (nSPS) is 12.3. The minimum atomic E-state index is -0.723. The van der Waals surface area contributed by atoms with Crippen LogP contribution in [0.1, 0.15) is 174 Å². The summed E-state index contributed by atoms with van der Waals surface area (Å²) in [6.07, 6.45) is 32.5. The summed E-state index contributed by atoms with van der Waals surface area (Å²) in [5.41, 5.74) is 0. The van der Waals surface area contributed by atoms with E-state index in [-0.39, 0.29) is 18.5 Å². The van der Waals surface area contributed by atoms with Gasteiger partial charge in [0, 0.05) is 12.8 Å². The maximum Gasteiger partial charge on any atom is 0.306 e. The van der Waals surface area contributed by atoms with Gasteiger partial charge < -0.3 is 9.84 Å². The molecule has 0 aromatic heterocycles. The van der Waals surface area contributed by atoms with E-state index >= 15 is 0 Å². The fourth-order valence-electron chi connectivity index (χ4n) is 4.61. The van der Waals surface area contributed by atoms with E-state index in [0.717, 1.165) is 64.2 Å². The van der Waals surface area contributed by atoms with Crippen LogP contribution >= 0.6 is 0 Å². The van der Waals surface area contributed by atoms with Crippen LogP contribution in [0.25, 0.3) is 0 Å². The molecule has 0 saturated heterocycles. The van der Waals surface area contributed by atoms with Crippen LogP contribution in [-0.2, 0) is 14.3 Å². The van der Waals surface area contributed by atoms with Gasteiger partial charge in [0.25, 0.3) is 0 Å². The van der Waals surface area contributed by atoms with Crippen molar-refractivity contribution in [3.05, 3.63) is 12.2 Å². The predicted octanol–water partition coefficient (Wildman–Crippen LogP) is 10.3. The number of rotatable bonds is 28. The number of esters is 1. The number of aliphatic carboxylic acids is 1. The van der Waals surface area contributed by atoms with Gasteiger partial charge in [0.05, 0.1) is 0 Å². The first-order chi connectivity index (χ1) is 17.6. The summed E-state index contributed by atoms with van der Waals surface area (Å²) < 4.78 is 5.77. The maximum absolute atomic E-state index is 12.4. The average molecular weight is 509 g/mol. The molecule has 0 rings (SSSR count). The first kappa shape index (κ1) is 34.7. The Balaban J connectivity index is 3.78. The molecule has 0 radical (unpaired) electrons. The monoisotopic (exact) mass is 508 g/mol. The van der Waals surface area contributed by atoms with Gasteiger partial charge in [-0.15, -0.1) is 0 Å². The van der Waals surface area contributed by atoms with Crippen LogP contribution < -0.4 is 0 Å². The lowest BCUT2D eigenvalue weighted by molar-refractivity contribution is -0.147. The third-order valence-electron chi connectivity index (χ3n) is 6.97. The second kappa shape index (κ2) is 28.3. The van der Waals surface area contributed by atoms with Crippen LogP contribution in [0, 0.1) is 0 Å². The highest BCUT2D eigenvalue weighted by atomic mass is 16.5. The molecular weight excluding hydrogens is 448 g/mol. The van der Waals surface area contributed by atoms with Crippen LogP contribution in [0.3, 0.4) is 0 Å². The third kappa shape index (κ3) is 27.3. The number of carboxylic acid groups (broad SMARTS) is 1. The van der Waals surface area contributed by atoms with Crippen molar-refractivity contribution in [1.29, 1.82) is 0 Å². The molecule has 1 unspecified atom stereocenters. The number of hydrogen-bond acceptors (Lipinski definition) is 3. The topological polar surface area (TPSA) is 63.6 Å². The molecule has 0 heterocycles. The lowest BCUT2D eigenvalue weighted by atomic mass is 10.0. The van der Waals surface area contributed by atoms with Gasteiger partial charge in [0.2, 0.25) is 0 Å². The second-order valence-corrected chi connectivity index (χ2v) is 10.6. The Labute approximate surface area is 224 Å². The standard InChI is InChI=1S/C32H60O4/c1-3-5-7-9-10-11-12-13-14-15-16-17-18-19-25-29-32(35)36-30(26-22-8-6-4-2)27-23-20-21-24-28-31(33)34/h22,26,30H,3-21,23-25,27-29H2,1-2H3,(H,33,34)/b26-22-. The zero-order valence-corrected chi connectivity index (χ0v) is 24.1. The van der Waals surface area contributed by atoms with Crippen LogP contribution in [0.5, 0.6) is 0 Å². The van der Waals surface area contributed by atoms with E-state index in [0.29, 0.717) is 6.42 Å². The SMILES string of the molecule is CCCC/C=C\C(CCCCCCC(=O)O)OC(=O)CCCCCCCCCCCCCCCCC. The van der Waals surface area contributed by atoms with Crippen LogP contribution in [0.4, 0.5) is 0 Å².